The van der Waals surface area contributed by atoms with E-state index in [9.17, 15) is 9.59 Å². The Balaban J connectivity index is -0.000000228. The fourth-order valence-corrected chi connectivity index (χ4v) is 5.50. The number of methoxy groups -OCH3 is 1. The lowest BCUT2D eigenvalue weighted by atomic mass is 9.84. The molecule has 7 atom stereocenters. The van der Waals surface area contributed by atoms with Crippen LogP contribution >= 0.6 is 0 Å². The minimum atomic E-state index is -0.149. The third-order valence-electron chi connectivity index (χ3n) is 8.55. The summed E-state index contributed by atoms with van der Waals surface area (Å²) in [4.78, 5) is 25.4. The first-order chi connectivity index (χ1) is 26.7. The summed E-state index contributed by atoms with van der Waals surface area (Å²) in [5.74, 6) is 2.39. The topological polar surface area (TPSA) is 109 Å². The van der Waals surface area contributed by atoms with Gasteiger partial charge in [-0.15, -0.1) is 13.2 Å². The van der Waals surface area contributed by atoms with Crippen LogP contribution in [0.3, 0.4) is 0 Å². The van der Waals surface area contributed by atoms with Crippen molar-refractivity contribution in [3.05, 3.63) is 86.2 Å². The number of likely N-dealkylation sites (N-methyl/N-ethyl adjacent to an activating group) is 1. The summed E-state index contributed by atoms with van der Waals surface area (Å²) in [7, 11) is 7.38. The van der Waals surface area contributed by atoms with Gasteiger partial charge in [-0.1, -0.05) is 131 Å². The average Bonchev–Trinajstić information content (AvgIpc) is 3.79. The number of allylic oxidation sites excluding steroid dienone is 8. The maximum absolute atomic E-state index is 13.3. The SMILES string of the molecule is C=C(C)C(C)=O.C=C(C)NC(COC)C(C)(C)C.C=CC.C=CC1[C@H]2C[C@H]2CN1C(=O)C(NC)C1CC(=C)/C=C\C=C/C(C)C1.CC.CCC.CCCN.CNC. The van der Waals surface area contributed by atoms with Gasteiger partial charge in [-0.05, 0) is 116 Å². The Morgan fingerprint density at radius 2 is 1.51 bits per heavy atom. The monoisotopic (exact) mass is 802 g/mol. The molecule has 1 heterocycles. The van der Waals surface area contributed by atoms with Crippen LogP contribution < -0.4 is 21.7 Å². The van der Waals surface area contributed by atoms with Crippen molar-refractivity contribution in [2.45, 2.75) is 140 Å². The number of fused-ring (bicyclic) bond motifs is 1. The Morgan fingerprint density at radius 3 is 1.86 bits per heavy atom. The lowest BCUT2D eigenvalue weighted by molar-refractivity contribution is -0.135. The number of ketones is 1. The molecule has 8 nitrogen and oxygen atoms in total. The van der Waals surface area contributed by atoms with Crippen molar-refractivity contribution in [3.63, 3.8) is 0 Å². The molecule has 0 aromatic heterocycles. The zero-order chi connectivity index (χ0) is 45.7. The highest BCUT2D eigenvalue weighted by Gasteiger charge is 2.53. The number of piperidine rings is 1. The number of Topliss-reactive ketones (excluding diaryl/α,β-unsaturated/α-hetero) is 1. The van der Waals surface area contributed by atoms with E-state index in [0.29, 0.717) is 29.4 Å². The highest BCUT2D eigenvalue weighted by Crippen LogP contribution is 2.50. The zero-order valence-electron chi connectivity index (χ0n) is 40.4. The minimum absolute atomic E-state index is 0.0648. The summed E-state index contributed by atoms with van der Waals surface area (Å²) in [6.07, 6.45) is 17.6. The molecule has 3 aliphatic rings. The molecule has 0 aromatic rings. The molecule has 0 spiro atoms. The summed E-state index contributed by atoms with van der Waals surface area (Å²) >= 11 is 0. The van der Waals surface area contributed by atoms with Crippen molar-refractivity contribution < 1.29 is 14.3 Å². The molecule has 57 heavy (non-hydrogen) atoms. The van der Waals surface area contributed by atoms with E-state index in [2.05, 4.69) is 127 Å². The first kappa shape index (κ1) is 63.1. The van der Waals surface area contributed by atoms with Crippen molar-refractivity contribution in [3.8, 4) is 0 Å². The maximum Gasteiger partial charge on any atom is 0.240 e. The van der Waals surface area contributed by atoms with Crippen LogP contribution in [0.15, 0.2) is 86.2 Å². The lowest BCUT2D eigenvalue weighted by Crippen LogP contribution is -2.51. The quantitative estimate of drug-likeness (QED) is 0.129. The van der Waals surface area contributed by atoms with Crippen LogP contribution in [0.2, 0.25) is 0 Å². The predicted octanol–water partition coefficient (Wildman–Crippen LogP) is 10.5. The third kappa shape index (κ3) is 33.6. The van der Waals surface area contributed by atoms with Gasteiger partial charge in [0.1, 0.15) is 0 Å². The summed E-state index contributed by atoms with van der Waals surface area (Å²) in [6, 6.07) is 0.416. The van der Waals surface area contributed by atoms with Crippen LogP contribution in [-0.4, -0.2) is 82.7 Å². The van der Waals surface area contributed by atoms with Crippen LogP contribution in [-0.2, 0) is 14.3 Å². The Kier molecular flexibility index (Phi) is 44.1. The third-order valence-corrected chi connectivity index (χ3v) is 8.55. The van der Waals surface area contributed by atoms with Crippen LogP contribution in [0, 0.1) is 29.1 Å². The van der Waals surface area contributed by atoms with E-state index in [1.807, 2.05) is 54.9 Å². The smallest absolute Gasteiger partial charge is 0.240 e. The molecular formula is C49H95N5O3. The van der Waals surface area contributed by atoms with E-state index in [1.165, 1.54) is 19.8 Å². The van der Waals surface area contributed by atoms with Crippen molar-refractivity contribution in [1.29, 1.82) is 0 Å². The largest absolute Gasteiger partial charge is 0.383 e. The molecule has 5 N–H and O–H groups in total. The molecule has 1 saturated carbocycles. The van der Waals surface area contributed by atoms with Crippen LogP contribution in [0.5, 0.6) is 0 Å². The van der Waals surface area contributed by atoms with Gasteiger partial charge in [0.15, 0.2) is 5.78 Å². The molecule has 2 aliphatic carbocycles. The second-order valence-corrected chi connectivity index (χ2v) is 15.8. The number of nitrogens with one attached hydrogen (secondary N) is 3. The molecule has 1 amide bonds. The minimum Gasteiger partial charge on any atom is -0.383 e. The summed E-state index contributed by atoms with van der Waals surface area (Å²) < 4.78 is 5.13. The molecule has 3 rings (SSSR count). The Hall–Kier alpha value is -3.04. The molecule has 0 bridgehead atoms. The van der Waals surface area contributed by atoms with Gasteiger partial charge in [-0.25, -0.2) is 0 Å². The van der Waals surface area contributed by atoms with Crippen LogP contribution in [0.25, 0.3) is 0 Å². The second kappa shape index (κ2) is 39.8. The fourth-order valence-electron chi connectivity index (χ4n) is 5.50. The number of amides is 1. The highest BCUT2D eigenvalue weighted by atomic mass is 16.5. The molecule has 334 valence electrons. The van der Waals surface area contributed by atoms with Gasteiger partial charge in [0.2, 0.25) is 5.91 Å². The van der Waals surface area contributed by atoms with Crippen molar-refractivity contribution in [2.75, 3.05) is 47.9 Å². The summed E-state index contributed by atoms with van der Waals surface area (Å²) in [5.41, 5.74) is 7.94. The van der Waals surface area contributed by atoms with Gasteiger partial charge in [0.25, 0.3) is 0 Å². The summed E-state index contributed by atoms with van der Waals surface area (Å²) in [6.45, 7) is 47.3. The zero-order valence-corrected chi connectivity index (χ0v) is 40.4. The van der Waals surface area contributed by atoms with Gasteiger partial charge in [0, 0.05) is 19.4 Å². The van der Waals surface area contributed by atoms with E-state index >= 15 is 0 Å². The number of hydrogen-bond acceptors (Lipinski definition) is 7. The summed E-state index contributed by atoms with van der Waals surface area (Å²) in [5, 5.41) is 9.37. The van der Waals surface area contributed by atoms with E-state index in [-0.39, 0.29) is 35.1 Å². The van der Waals surface area contributed by atoms with Crippen LogP contribution in [0.4, 0.5) is 0 Å². The molecule has 0 radical (unpaired) electrons. The van der Waals surface area contributed by atoms with E-state index < -0.39 is 0 Å². The Bertz CT molecular complexity index is 1120. The first-order valence-corrected chi connectivity index (χ1v) is 21.3. The molecular weight excluding hydrogens is 707 g/mol. The molecule has 2 fully saturated rings. The number of hydrogen-bond donors (Lipinski definition) is 4. The average molecular weight is 802 g/mol. The standard InChI is InChI=1S/C21H30N2O.C10H21NO.C5H8O.C3H9N.C3H8.C3H6.C2H7N.C2H6/c1-5-19-18-12-17(18)13-23(19)21(24)20(22-4)16-10-14(2)8-6-7-9-15(3)11-16;1-8(2)11-9(7-12-6)10(3,4)5;1-4(2)5(3)6;1-2-3-4;3*1-3-2;1-2/h5-9,15-20,22H,1-2,10-13H2,3-4H3;9,11H,1,7H2,2-6H3;1H2,2-3H3;2-4H2,1H3;3H2,1-2H3;3H,1H2,2H3;3H,1-2H3;1-2H3/b8-6-,9-7-;;;;;;;/t15?,16?,17-,18-,19?,20?;;;;;;;/m0......./s1. The second-order valence-electron chi connectivity index (χ2n) is 15.8. The molecule has 0 aromatic carbocycles. The van der Waals surface area contributed by atoms with Gasteiger partial charge in [-0.2, -0.15) is 0 Å². The number of carbonyl (C=O) groups is 2. The number of carbonyl (C=O) groups excluding carboxylic acids is 2. The number of nitrogens with two attached hydrogens (primary N) is 1. The Morgan fingerprint density at radius 1 is 1.04 bits per heavy atom. The van der Waals surface area contributed by atoms with Crippen LogP contribution in [0.1, 0.15) is 122 Å². The number of rotatable bonds is 10. The van der Waals surface area contributed by atoms with Gasteiger partial charge >= 0.3 is 0 Å². The number of ether oxygens (including phenoxy) is 1. The number of nitrogens with zero attached hydrogens (tertiary/aromatic N) is 1. The molecule has 1 aliphatic heterocycles. The van der Waals surface area contributed by atoms with Crippen molar-refractivity contribution in [1.82, 2.24) is 20.9 Å². The van der Waals surface area contributed by atoms with E-state index in [1.54, 1.807) is 20.1 Å². The van der Waals surface area contributed by atoms with E-state index in [0.717, 1.165) is 50.2 Å². The predicted molar refractivity (Wildman–Crippen MR) is 256 cm³/mol. The normalized spacial score (nSPS) is 21.8. The highest BCUT2D eigenvalue weighted by molar-refractivity contribution is 5.91. The maximum atomic E-state index is 13.3. The van der Waals surface area contributed by atoms with Gasteiger partial charge in [-0.3, -0.25) is 9.59 Å². The number of likely N-dealkylation sites (tertiary alicyclic amines) is 1. The lowest BCUT2D eigenvalue weighted by Gasteiger charge is -2.34. The molecule has 1 saturated heterocycles. The van der Waals surface area contributed by atoms with Gasteiger partial charge in [0.05, 0.1) is 24.7 Å². The van der Waals surface area contributed by atoms with E-state index in [4.69, 9.17) is 10.5 Å². The Labute approximate surface area is 355 Å². The van der Waals surface area contributed by atoms with Crippen molar-refractivity contribution >= 4 is 11.7 Å². The fraction of sp³-hybridized carbons (Fsp3) is 0.673. The first-order valence-electron chi connectivity index (χ1n) is 21.3. The van der Waals surface area contributed by atoms with Gasteiger partial charge < -0.3 is 31.3 Å². The van der Waals surface area contributed by atoms with Crippen molar-refractivity contribution in [2.24, 2.45) is 34.8 Å². The molecule has 8 heteroatoms. The molecule has 5 unspecified atom stereocenters.